The highest BCUT2D eigenvalue weighted by molar-refractivity contribution is 6.10. The van der Waals surface area contributed by atoms with Crippen LogP contribution in [0.25, 0.3) is 6.08 Å². The Hall–Kier alpha value is -3.19. The van der Waals surface area contributed by atoms with Crippen molar-refractivity contribution in [2.75, 3.05) is 18.0 Å². The van der Waals surface area contributed by atoms with Gasteiger partial charge in [-0.25, -0.2) is 0 Å². The van der Waals surface area contributed by atoms with Gasteiger partial charge in [0.2, 0.25) is 0 Å². The summed E-state index contributed by atoms with van der Waals surface area (Å²) in [4.78, 5) is 24.9. The third-order valence-electron chi connectivity index (χ3n) is 4.05. The zero-order valence-electron chi connectivity index (χ0n) is 14.3. The lowest BCUT2D eigenvalue weighted by Crippen LogP contribution is -2.38. The Labute approximate surface area is 150 Å². The van der Waals surface area contributed by atoms with Gasteiger partial charge in [0.25, 0.3) is 11.6 Å². The van der Waals surface area contributed by atoms with Crippen LogP contribution in [0.1, 0.15) is 17.5 Å². The third kappa shape index (κ3) is 3.57. The summed E-state index contributed by atoms with van der Waals surface area (Å²) in [6, 6.07) is 11.9. The Morgan fingerprint density at radius 3 is 2.77 bits per heavy atom. The summed E-state index contributed by atoms with van der Waals surface area (Å²) >= 11 is 0. The number of fused-ring (bicyclic) bond motifs is 1. The lowest BCUT2D eigenvalue weighted by atomic mass is 10.1. The number of nitro groups is 1. The summed E-state index contributed by atoms with van der Waals surface area (Å²) < 4.78 is 5.75. The summed E-state index contributed by atoms with van der Waals surface area (Å²) in [5.74, 6) is 0.244. The predicted molar refractivity (Wildman–Crippen MR) is 98.9 cm³/mol. The number of ether oxygens (including phenoxy) is 1. The van der Waals surface area contributed by atoms with Crippen molar-refractivity contribution in [3.05, 3.63) is 69.5 Å². The Bertz CT molecular complexity index is 892. The molecule has 2 N–H and O–H groups in total. The fourth-order valence-corrected chi connectivity index (χ4v) is 2.79. The maximum Gasteiger partial charge on any atom is 0.294 e. The summed E-state index contributed by atoms with van der Waals surface area (Å²) in [6.45, 7) is 2.73. The molecule has 1 amide bonds. The molecule has 1 aliphatic rings. The average Bonchev–Trinajstić information content (AvgIpc) is 2.61. The van der Waals surface area contributed by atoms with E-state index in [-0.39, 0.29) is 17.4 Å². The van der Waals surface area contributed by atoms with E-state index in [1.165, 1.54) is 23.1 Å². The molecule has 0 unspecified atom stereocenters. The van der Waals surface area contributed by atoms with E-state index in [1.54, 1.807) is 6.08 Å². The van der Waals surface area contributed by atoms with Crippen LogP contribution in [-0.2, 0) is 4.79 Å². The molecule has 0 radical (unpaired) electrons. The molecule has 0 saturated heterocycles. The second-order valence-electron chi connectivity index (χ2n) is 6.03. The van der Waals surface area contributed by atoms with Crippen LogP contribution in [0.5, 0.6) is 5.75 Å². The number of anilines is 1. The average molecular weight is 353 g/mol. The van der Waals surface area contributed by atoms with Crippen molar-refractivity contribution < 1.29 is 14.5 Å². The van der Waals surface area contributed by atoms with Gasteiger partial charge >= 0.3 is 0 Å². The Kier molecular flexibility index (Phi) is 4.99. The molecule has 0 saturated carbocycles. The minimum absolute atomic E-state index is 0.0935. The summed E-state index contributed by atoms with van der Waals surface area (Å²) in [7, 11) is 0. The van der Waals surface area contributed by atoms with E-state index in [1.807, 2.05) is 31.2 Å². The SMILES string of the molecule is Cc1cccc(/C=C2/Oc3ccc([N+](=O)[O-])cc3N(CCCN)C2=O)c1. The third-order valence-corrected chi connectivity index (χ3v) is 4.05. The zero-order valence-corrected chi connectivity index (χ0v) is 14.3. The number of carbonyl (C=O) groups is 1. The molecule has 7 nitrogen and oxygen atoms in total. The number of hydrogen-bond donors (Lipinski definition) is 1. The van der Waals surface area contributed by atoms with Gasteiger partial charge in [0.1, 0.15) is 0 Å². The minimum atomic E-state index is -0.496. The highest BCUT2D eigenvalue weighted by Crippen LogP contribution is 2.38. The monoisotopic (exact) mass is 353 g/mol. The molecule has 7 heteroatoms. The maximum atomic E-state index is 12.9. The molecule has 134 valence electrons. The van der Waals surface area contributed by atoms with Crippen LogP contribution in [0.4, 0.5) is 11.4 Å². The van der Waals surface area contributed by atoms with E-state index in [0.717, 1.165) is 11.1 Å². The van der Waals surface area contributed by atoms with Gasteiger partial charge in [-0.05, 0) is 37.6 Å². The molecular formula is C19H19N3O4. The van der Waals surface area contributed by atoms with Crippen LogP contribution in [0.3, 0.4) is 0 Å². The second kappa shape index (κ2) is 7.37. The number of nitro benzene ring substituents is 1. The Morgan fingerprint density at radius 1 is 1.27 bits per heavy atom. The number of hydrogen-bond acceptors (Lipinski definition) is 5. The van der Waals surface area contributed by atoms with Crippen molar-refractivity contribution in [2.24, 2.45) is 5.73 Å². The van der Waals surface area contributed by atoms with Crippen LogP contribution in [-0.4, -0.2) is 23.9 Å². The number of rotatable bonds is 5. The van der Waals surface area contributed by atoms with Crippen LogP contribution in [0, 0.1) is 17.0 Å². The molecule has 2 aromatic rings. The number of nitrogens with two attached hydrogens (primary N) is 1. The van der Waals surface area contributed by atoms with Gasteiger partial charge in [0.05, 0.1) is 10.6 Å². The standard InChI is InChI=1S/C19H19N3O4/c1-13-4-2-5-14(10-13)11-18-19(23)21(9-3-8-20)16-12-15(22(24)25)6-7-17(16)26-18/h2,4-7,10-12H,3,8-9,20H2,1H3/b18-11+. The van der Waals surface area contributed by atoms with E-state index in [4.69, 9.17) is 10.5 Å². The lowest BCUT2D eigenvalue weighted by molar-refractivity contribution is -0.384. The van der Waals surface area contributed by atoms with Gasteiger partial charge in [0, 0.05) is 18.7 Å². The minimum Gasteiger partial charge on any atom is -0.449 e. The van der Waals surface area contributed by atoms with Crippen LogP contribution in [0.15, 0.2) is 48.2 Å². The predicted octanol–water partition coefficient (Wildman–Crippen LogP) is 3.02. The van der Waals surface area contributed by atoms with Crippen molar-refractivity contribution in [3.8, 4) is 5.75 Å². The van der Waals surface area contributed by atoms with E-state index >= 15 is 0 Å². The van der Waals surface area contributed by atoms with Crippen LogP contribution >= 0.6 is 0 Å². The van der Waals surface area contributed by atoms with E-state index in [2.05, 4.69) is 0 Å². The van der Waals surface area contributed by atoms with Gasteiger partial charge < -0.3 is 15.4 Å². The molecule has 26 heavy (non-hydrogen) atoms. The number of benzene rings is 2. The quantitative estimate of drug-likeness (QED) is 0.506. The maximum absolute atomic E-state index is 12.9. The molecule has 0 bridgehead atoms. The number of amides is 1. The lowest BCUT2D eigenvalue weighted by Gasteiger charge is -2.30. The van der Waals surface area contributed by atoms with Crippen molar-refractivity contribution >= 4 is 23.4 Å². The van der Waals surface area contributed by atoms with E-state index < -0.39 is 4.92 Å². The molecule has 3 rings (SSSR count). The Balaban J connectivity index is 2.03. The first-order valence-electron chi connectivity index (χ1n) is 8.26. The summed E-state index contributed by atoms with van der Waals surface area (Å²) in [5, 5.41) is 11.1. The second-order valence-corrected chi connectivity index (χ2v) is 6.03. The first kappa shape index (κ1) is 17.6. The zero-order chi connectivity index (χ0) is 18.7. The van der Waals surface area contributed by atoms with Crippen molar-refractivity contribution in [2.45, 2.75) is 13.3 Å². The first-order chi connectivity index (χ1) is 12.5. The van der Waals surface area contributed by atoms with Crippen molar-refractivity contribution in [3.63, 3.8) is 0 Å². The molecule has 1 aliphatic heterocycles. The molecule has 0 fully saturated rings. The fraction of sp³-hybridized carbons (Fsp3) is 0.211. The van der Waals surface area contributed by atoms with Gasteiger partial charge in [-0.15, -0.1) is 0 Å². The molecule has 2 aromatic carbocycles. The summed E-state index contributed by atoms with van der Waals surface area (Å²) in [6.07, 6.45) is 2.25. The van der Waals surface area contributed by atoms with E-state index in [0.29, 0.717) is 30.9 Å². The largest absolute Gasteiger partial charge is 0.449 e. The van der Waals surface area contributed by atoms with Crippen molar-refractivity contribution in [1.29, 1.82) is 0 Å². The van der Waals surface area contributed by atoms with Crippen molar-refractivity contribution in [1.82, 2.24) is 0 Å². The summed E-state index contributed by atoms with van der Waals surface area (Å²) in [5.41, 5.74) is 7.78. The molecule has 0 spiro atoms. The van der Waals surface area contributed by atoms with Crippen LogP contribution < -0.4 is 15.4 Å². The number of non-ortho nitro benzene ring substituents is 1. The van der Waals surface area contributed by atoms with Crippen LogP contribution in [0.2, 0.25) is 0 Å². The highest BCUT2D eigenvalue weighted by Gasteiger charge is 2.31. The van der Waals surface area contributed by atoms with E-state index in [9.17, 15) is 14.9 Å². The molecular weight excluding hydrogens is 334 g/mol. The molecule has 0 aromatic heterocycles. The van der Waals surface area contributed by atoms with Gasteiger partial charge in [-0.2, -0.15) is 0 Å². The molecule has 1 heterocycles. The normalized spacial score (nSPS) is 14.9. The van der Waals surface area contributed by atoms with Gasteiger partial charge in [-0.1, -0.05) is 29.8 Å². The topological polar surface area (TPSA) is 98.7 Å². The van der Waals surface area contributed by atoms with Gasteiger partial charge in [-0.3, -0.25) is 14.9 Å². The first-order valence-corrected chi connectivity index (χ1v) is 8.26. The fourth-order valence-electron chi connectivity index (χ4n) is 2.79. The molecule has 0 aliphatic carbocycles. The smallest absolute Gasteiger partial charge is 0.294 e. The number of carbonyl (C=O) groups excluding carboxylic acids is 1. The Morgan fingerprint density at radius 2 is 2.08 bits per heavy atom. The van der Waals surface area contributed by atoms with Gasteiger partial charge in [0.15, 0.2) is 11.5 Å². The number of aryl methyl sites for hydroxylation is 1. The number of nitrogens with zero attached hydrogens (tertiary/aromatic N) is 2. The molecule has 0 atom stereocenters. The highest BCUT2D eigenvalue weighted by atomic mass is 16.6.